The molecule has 0 spiro atoms. The number of nitrogens with two attached hydrogens (primary N) is 1. The SMILES string of the molecule is CC(N)c1ccc(C(F)F)cc1F. The van der Waals surface area contributed by atoms with Crippen molar-refractivity contribution in [2.75, 3.05) is 0 Å². The van der Waals surface area contributed by atoms with Crippen LogP contribution < -0.4 is 5.73 Å². The van der Waals surface area contributed by atoms with Crippen molar-refractivity contribution in [2.24, 2.45) is 5.73 Å². The Morgan fingerprint density at radius 1 is 1.31 bits per heavy atom. The lowest BCUT2D eigenvalue weighted by molar-refractivity contribution is 0.151. The van der Waals surface area contributed by atoms with Gasteiger partial charge in [-0.25, -0.2) is 13.2 Å². The molecule has 0 aliphatic carbocycles. The van der Waals surface area contributed by atoms with Gasteiger partial charge in [0.05, 0.1) is 0 Å². The summed E-state index contributed by atoms with van der Waals surface area (Å²) in [7, 11) is 0. The van der Waals surface area contributed by atoms with E-state index in [2.05, 4.69) is 0 Å². The summed E-state index contributed by atoms with van der Waals surface area (Å²) in [5.41, 5.74) is 5.35. The second-order valence-electron chi connectivity index (χ2n) is 2.87. The molecule has 0 amide bonds. The highest BCUT2D eigenvalue weighted by molar-refractivity contribution is 5.26. The van der Waals surface area contributed by atoms with E-state index in [0.29, 0.717) is 0 Å². The summed E-state index contributed by atoms with van der Waals surface area (Å²) in [6, 6.07) is 2.82. The largest absolute Gasteiger partial charge is 0.324 e. The molecule has 0 radical (unpaired) electrons. The van der Waals surface area contributed by atoms with E-state index < -0.39 is 18.3 Å². The van der Waals surface area contributed by atoms with Crippen molar-refractivity contribution in [3.8, 4) is 0 Å². The highest BCUT2D eigenvalue weighted by atomic mass is 19.3. The summed E-state index contributed by atoms with van der Waals surface area (Å²) >= 11 is 0. The molecule has 1 rings (SSSR count). The minimum atomic E-state index is -2.64. The van der Waals surface area contributed by atoms with Crippen molar-refractivity contribution in [1.82, 2.24) is 0 Å². The fraction of sp³-hybridized carbons (Fsp3) is 0.333. The van der Waals surface area contributed by atoms with Gasteiger partial charge in [0.1, 0.15) is 5.82 Å². The molecule has 13 heavy (non-hydrogen) atoms. The third kappa shape index (κ3) is 2.21. The van der Waals surface area contributed by atoms with Gasteiger partial charge in [0, 0.05) is 17.2 Å². The average molecular weight is 189 g/mol. The quantitative estimate of drug-likeness (QED) is 0.760. The molecule has 0 aliphatic rings. The van der Waals surface area contributed by atoms with Gasteiger partial charge in [-0.05, 0) is 13.0 Å². The molecule has 0 heterocycles. The Kier molecular flexibility index (Phi) is 2.93. The first kappa shape index (κ1) is 10.1. The van der Waals surface area contributed by atoms with Crippen LogP contribution in [0, 0.1) is 5.82 Å². The summed E-state index contributed by atoms with van der Waals surface area (Å²) < 4.78 is 37.2. The van der Waals surface area contributed by atoms with E-state index in [9.17, 15) is 13.2 Å². The predicted octanol–water partition coefficient (Wildman–Crippen LogP) is 2.78. The fourth-order valence-corrected chi connectivity index (χ4v) is 1.05. The molecular formula is C9H10F3N. The summed E-state index contributed by atoms with van der Waals surface area (Å²) in [5, 5.41) is 0. The molecule has 0 fully saturated rings. The molecule has 0 bridgehead atoms. The van der Waals surface area contributed by atoms with Crippen molar-refractivity contribution in [2.45, 2.75) is 19.4 Å². The van der Waals surface area contributed by atoms with E-state index in [4.69, 9.17) is 5.73 Å². The minimum absolute atomic E-state index is 0.254. The monoisotopic (exact) mass is 189 g/mol. The van der Waals surface area contributed by atoms with Crippen molar-refractivity contribution < 1.29 is 13.2 Å². The number of hydrogen-bond donors (Lipinski definition) is 1. The smallest absolute Gasteiger partial charge is 0.263 e. The van der Waals surface area contributed by atoms with Gasteiger partial charge in [0.15, 0.2) is 0 Å². The van der Waals surface area contributed by atoms with Crippen LogP contribution in [-0.4, -0.2) is 0 Å². The van der Waals surface area contributed by atoms with Crippen LogP contribution in [0.4, 0.5) is 13.2 Å². The van der Waals surface area contributed by atoms with Crippen molar-refractivity contribution in [1.29, 1.82) is 0 Å². The Balaban J connectivity index is 3.06. The number of rotatable bonds is 2. The molecule has 1 unspecified atom stereocenters. The molecule has 1 nitrogen and oxygen atoms in total. The van der Waals surface area contributed by atoms with E-state index in [1.54, 1.807) is 6.92 Å². The van der Waals surface area contributed by atoms with Crippen LogP contribution in [0.1, 0.15) is 30.5 Å². The first-order chi connectivity index (χ1) is 6.02. The van der Waals surface area contributed by atoms with Gasteiger partial charge >= 0.3 is 0 Å². The van der Waals surface area contributed by atoms with Gasteiger partial charge in [-0.3, -0.25) is 0 Å². The molecule has 4 heteroatoms. The van der Waals surface area contributed by atoms with Crippen LogP contribution in [0.2, 0.25) is 0 Å². The third-order valence-corrected chi connectivity index (χ3v) is 1.77. The van der Waals surface area contributed by atoms with E-state index in [-0.39, 0.29) is 11.1 Å². The predicted molar refractivity (Wildman–Crippen MR) is 44.0 cm³/mol. The van der Waals surface area contributed by atoms with E-state index in [1.807, 2.05) is 0 Å². The summed E-state index contributed by atoms with van der Waals surface area (Å²) in [4.78, 5) is 0. The van der Waals surface area contributed by atoms with Gasteiger partial charge in [0.25, 0.3) is 6.43 Å². The third-order valence-electron chi connectivity index (χ3n) is 1.77. The lowest BCUT2D eigenvalue weighted by Crippen LogP contribution is -2.07. The average Bonchev–Trinajstić information content (AvgIpc) is 2.03. The Labute approximate surface area is 74.4 Å². The van der Waals surface area contributed by atoms with Crippen molar-refractivity contribution in [3.63, 3.8) is 0 Å². The topological polar surface area (TPSA) is 26.0 Å². The lowest BCUT2D eigenvalue weighted by atomic mass is 10.1. The second kappa shape index (κ2) is 3.79. The van der Waals surface area contributed by atoms with Crippen LogP contribution >= 0.6 is 0 Å². The maximum Gasteiger partial charge on any atom is 0.263 e. The molecule has 0 aliphatic heterocycles. The molecular weight excluding hydrogens is 179 g/mol. The highest BCUT2D eigenvalue weighted by Crippen LogP contribution is 2.23. The standard InChI is InChI=1S/C9H10F3N/c1-5(13)7-3-2-6(9(11)12)4-8(7)10/h2-5,9H,13H2,1H3. The normalized spacial score (nSPS) is 13.4. The van der Waals surface area contributed by atoms with Gasteiger partial charge < -0.3 is 5.73 Å². The summed E-state index contributed by atoms with van der Waals surface area (Å²) in [5.74, 6) is -0.673. The Morgan fingerprint density at radius 2 is 1.92 bits per heavy atom. The van der Waals surface area contributed by atoms with Crippen LogP contribution in [0.15, 0.2) is 18.2 Å². The summed E-state index contributed by atoms with van der Waals surface area (Å²) in [6.45, 7) is 1.60. The zero-order chi connectivity index (χ0) is 10.0. The van der Waals surface area contributed by atoms with Crippen LogP contribution in [0.25, 0.3) is 0 Å². The van der Waals surface area contributed by atoms with E-state index in [1.165, 1.54) is 12.1 Å². The number of hydrogen-bond acceptors (Lipinski definition) is 1. The van der Waals surface area contributed by atoms with Gasteiger partial charge in [-0.15, -0.1) is 0 Å². The Hall–Kier alpha value is -1.03. The number of alkyl halides is 2. The highest BCUT2D eigenvalue weighted by Gasteiger charge is 2.12. The molecule has 1 atom stereocenters. The Bertz CT molecular complexity index is 297. The van der Waals surface area contributed by atoms with E-state index in [0.717, 1.165) is 6.07 Å². The molecule has 0 saturated carbocycles. The van der Waals surface area contributed by atoms with Crippen LogP contribution in [0.5, 0.6) is 0 Å². The van der Waals surface area contributed by atoms with Crippen molar-refractivity contribution in [3.05, 3.63) is 35.1 Å². The zero-order valence-electron chi connectivity index (χ0n) is 7.10. The van der Waals surface area contributed by atoms with Gasteiger partial charge in [-0.2, -0.15) is 0 Å². The first-order valence-corrected chi connectivity index (χ1v) is 3.85. The summed E-state index contributed by atoms with van der Waals surface area (Å²) in [6.07, 6.45) is -2.64. The zero-order valence-corrected chi connectivity index (χ0v) is 7.10. The lowest BCUT2D eigenvalue weighted by Gasteiger charge is -2.08. The molecule has 2 N–H and O–H groups in total. The number of halogens is 3. The molecule has 1 aromatic carbocycles. The van der Waals surface area contributed by atoms with E-state index >= 15 is 0 Å². The molecule has 1 aromatic rings. The maximum atomic E-state index is 13.0. The molecule has 72 valence electrons. The van der Waals surface area contributed by atoms with Gasteiger partial charge in [-0.1, -0.05) is 12.1 Å². The van der Waals surface area contributed by atoms with Gasteiger partial charge in [0.2, 0.25) is 0 Å². The van der Waals surface area contributed by atoms with Crippen LogP contribution in [-0.2, 0) is 0 Å². The minimum Gasteiger partial charge on any atom is -0.324 e. The fourth-order valence-electron chi connectivity index (χ4n) is 1.05. The van der Waals surface area contributed by atoms with Crippen LogP contribution in [0.3, 0.4) is 0 Å². The Morgan fingerprint density at radius 3 is 2.31 bits per heavy atom. The number of benzene rings is 1. The second-order valence-corrected chi connectivity index (χ2v) is 2.87. The molecule has 0 saturated heterocycles. The van der Waals surface area contributed by atoms with Crippen molar-refractivity contribution >= 4 is 0 Å². The maximum absolute atomic E-state index is 13.0. The first-order valence-electron chi connectivity index (χ1n) is 3.85. The molecule has 0 aromatic heterocycles.